The van der Waals surface area contributed by atoms with Gasteiger partial charge in [-0.25, -0.2) is 4.79 Å². The Morgan fingerprint density at radius 2 is 2.35 bits per heavy atom. The van der Waals surface area contributed by atoms with Gasteiger partial charge in [-0.05, 0) is 18.9 Å². The number of aromatic nitrogens is 2. The highest BCUT2D eigenvalue weighted by Crippen LogP contribution is 2.29. The average molecular weight is 380 g/mol. The average Bonchev–Trinajstić information content (AvgIpc) is 3.12. The molecule has 1 aromatic heterocycles. The number of nitrogens with zero attached hydrogens (tertiary/aromatic N) is 4. The Labute approximate surface area is 154 Å². The largest absolute Gasteiger partial charge is 0.339 e. The van der Waals surface area contributed by atoms with Crippen LogP contribution in [0, 0.1) is 10.1 Å². The molecule has 1 aliphatic heterocycles. The molecule has 1 aliphatic rings. The molecule has 1 aromatic carbocycles. The Morgan fingerprint density at radius 3 is 3.00 bits per heavy atom. The van der Waals surface area contributed by atoms with E-state index in [-0.39, 0.29) is 22.7 Å². The van der Waals surface area contributed by atoms with Gasteiger partial charge in [-0.15, -0.1) is 0 Å². The highest BCUT2D eigenvalue weighted by molar-refractivity contribution is 6.33. The Hall–Kier alpha value is -2.68. The summed E-state index contributed by atoms with van der Waals surface area (Å²) in [6.07, 6.45) is 2.37. The van der Waals surface area contributed by atoms with Gasteiger partial charge in [-0.1, -0.05) is 23.7 Å². The summed E-state index contributed by atoms with van der Waals surface area (Å²) in [7, 11) is 0. The van der Waals surface area contributed by atoms with Gasteiger partial charge in [0, 0.05) is 37.6 Å². The van der Waals surface area contributed by atoms with Crippen LogP contribution in [0.2, 0.25) is 5.02 Å². The first-order valence-electron chi connectivity index (χ1n) is 8.30. The molecule has 2 aromatic rings. The zero-order valence-corrected chi connectivity index (χ0v) is 14.9. The van der Waals surface area contributed by atoms with E-state index in [2.05, 4.69) is 15.5 Å². The minimum absolute atomic E-state index is 0.0193. The Kier molecular flexibility index (Phi) is 5.36. The van der Waals surface area contributed by atoms with Gasteiger partial charge in [0.05, 0.1) is 15.6 Å². The van der Waals surface area contributed by atoms with Gasteiger partial charge >= 0.3 is 6.03 Å². The number of likely N-dealkylation sites (tertiary alicyclic amines) is 1. The number of carbonyl (C=O) groups excluding carboxylic acids is 1. The third-order valence-corrected chi connectivity index (χ3v) is 4.58. The van der Waals surface area contributed by atoms with Gasteiger partial charge in [-0.2, -0.15) is 4.98 Å². The van der Waals surface area contributed by atoms with Crippen molar-refractivity contribution in [3.8, 4) is 0 Å². The molecule has 0 radical (unpaired) electrons. The van der Waals surface area contributed by atoms with Gasteiger partial charge in [0.1, 0.15) is 0 Å². The molecule has 1 fully saturated rings. The van der Waals surface area contributed by atoms with Crippen molar-refractivity contribution in [2.45, 2.75) is 32.1 Å². The molecule has 0 saturated carbocycles. The smallest absolute Gasteiger partial charge is 0.321 e. The summed E-state index contributed by atoms with van der Waals surface area (Å²) in [5.41, 5.74) is 0.201. The van der Waals surface area contributed by atoms with Crippen molar-refractivity contribution in [2.24, 2.45) is 0 Å². The summed E-state index contributed by atoms with van der Waals surface area (Å²) in [5.74, 6) is 1.22. The lowest BCUT2D eigenvalue weighted by Gasteiger charge is -2.31. The number of rotatable bonds is 4. The molecule has 9 nitrogen and oxygen atoms in total. The maximum Gasteiger partial charge on any atom is 0.321 e. The van der Waals surface area contributed by atoms with Crippen LogP contribution < -0.4 is 5.32 Å². The van der Waals surface area contributed by atoms with E-state index >= 15 is 0 Å². The number of nitro benzene ring substituents is 1. The van der Waals surface area contributed by atoms with Crippen LogP contribution in [0.25, 0.3) is 0 Å². The van der Waals surface area contributed by atoms with E-state index in [4.69, 9.17) is 16.1 Å². The van der Waals surface area contributed by atoms with E-state index in [0.717, 1.165) is 12.8 Å². The number of carbonyl (C=O) groups is 1. The monoisotopic (exact) mass is 379 g/mol. The fourth-order valence-corrected chi connectivity index (χ4v) is 3.09. The number of aryl methyl sites for hydroxylation is 1. The van der Waals surface area contributed by atoms with Crippen LogP contribution in [0.15, 0.2) is 22.7 Å². The van der Waals surface area contributed by atoms with E-state index in [0.29, 0.717) is 36.9 Å². The minimum atomic E-state index is -0.539. The van der Waals surface area contributed by atoms with Crippen LogP contribution in [-0.4, -0.2) is 39.1 Å². The number of nitro groups is 1. The number of anilines is 1. The van der Waals surface area contributed by atoms with Crippen LogP contribution in [0.5, 0.6) is 0 Å². The van der Waals surface area contributed by atoms with Crippen LogP contribution in [0.3, 0.4) is 0 Å². The molecular weight excluding hydrogens is 362 g/mol. The van der Waals surface area contributed by atoms with Crippen LogP contribution in [0.4, 0.5) is 16.2 Å². The number of benzene rings is 1. The maximum atomic E-state index is 12.5. The number of hydrogen-bond donors (Lipinski definition) is 1. The number of nitrogens with one attached hydrogen (secondary N) is 1. The highest BCUT2D eigenvalue weighted by Gasteiger charge is 2.28. The standard InChI is InChI=1S/C16H18ClN5O4/c1-2-14-19-15(20-26-14)10-4-3-7-21(9-10)16(23)18-13-6-5-11(22(24)25)8-12(13)17/h5-6,8,10H,2-4,7,9H2,1H3,(H,18,23). The normalized spacial score (nSPS) is 17.2. The van der Waals surface area contributed by atoms with Crippen molar-refractivity contribution >= 4 is 29.0 Å². The SMILES string of the molecule is CCc1nc(C2CCCN(C(=O)Nc3ccc([N+](=O)[O-])cc3Cl)C2)no1. The number of non-ortho nitro benzene ring substituents is 1. The lowest BCUT2D eigenvalue weighted by molar-refractivity contribution is -0.384. The van der Waals surface area contributed by atoms with Gasteiger partial charge in [0.15, 0.2) is 5.82 Å². The van der Waals surface area contributed by atoms with Crippen molar-refractivity contribution in [1.82, 2.24) is 15.0 Å². The number of urea groups is 1. The summed E-state index contributed by atoms with van der Waals surface area (Å²) in [6, 6.07) is 3.62. The quantitative estimate of drug-likeness (QED) is 0.641. The van der Waals surface area contributed by atoms with E-state index in [9.17, 15) is 14.9 Å². The fraction of sp³-hybridized carbons (Fsp3) is 0.438. The zero-order valence-electron chi connectivity index (χ0n) is 14.1. The van der Waals surface area contributed by atoms with E-state index in [1.165, 1.54) is 18.2 Å². The first-order chi connectivity index (χ1) is 12.5. The third kappa shape index (κ3) is 3.93. The molecule has 26 heavy (non-hydrogen) atoms. The number of halogens is 1. The van der Waals surface area contributed by atoms with E-state index in [1.807, 2.05) is 6.92 Å². The molecule has 138 valence electrons. The zero-order chi connectivity index (χ0) is 18.7. The summed E-state index contributed by atoms with van der Waals surface area (Å²) in [6.45, 7) is 3.01. The summed E-state index contributed by atoms with van der Waals surface area (Å²) in [4.78, 5) is 28.8. The van der Waals surface area contributed by atoms with E-state index < -0.39 is 4.92 Å². The number of piperidine rings is 1. The predicted octanol–water partition coefficient (Wildman–Crippen LogP) is 3.61. The van der Waals surface area contributed by atoms with Crippen molar-refractivity contribution in [3.63, 3.8) is 0 Å². The van der Waals surface area contributed by atoms with Crippen molar-refractivity contribution in [1.29, 1.82) is 0 Å². The third-order valence-electron chi connectivity index (χ3n) is 4.27. The second-order valence-corrected chi connectivity index (χ2v) is 6.44. The van der Waals surface area contributed by atoms with Crippen LogP contribution in [-0.2, 0) is 6.42 Å². The molecule has 1 saturated heterocycles. The molecular formula is C16H18ClN5O4. The van der Waals surface area contributed by atoms with Crippen molar-refractivity contribution < 1.29 is 14.2 Å². The maximum absolute atomic E-state index is 12.5. The molecule has 3 rings (SSSR count). The molecule has 2 amide bonds. The van der Waals surface area contributed by atoms with Crippen LogP contribution >= 0.6 is 11.6 Å². The fourth-order valence-electron chi connectivity index (χ4n) is 2.86. The second kappa shape index (κ2) is 7.69. The lowest BCUT2D eigenvalue weighted by atomic mass is 9.97. The molecule has 1 unspecified atom stereocenters. The summed E-state index contributed by atoms with van der Waals surface area (Å²) in [5, 5.41) is 17.6. The number of amides is 2. The van der Waals surface area contributed by atoms with Crippen molar-refractivity contribution in [3.05, 3.63) is 45.1 Å². The van der Waals surface area contributed by atoms with Crippen LogP contribution in [0.1, 0.15) is 37.4 Å². The van der Waals surface area contributed by atoms with Gasteiger partial charge in [0.2, 0.25) is 5.89 Å². The molecule has 1 N–H and O–H groups in total. The topological polar surface area (TPSA) is 114 Å². The summed E-state index contributed by atoms with van der Waals surface area (Å²) >= 11 is 6.03. The van der Waals surface area contributed by atoms with Gasteiger partial charge < -0.3 is 14.7 Å². The summed E-state index contributed by atoms with van der Waals surface area (Å²) < 4.78 is 5.15. The Bertz CT molecular complexity index is 825. The highest BCUT2D eigenvalue weighted by atomic mass is 35.5. The first-order valence-corrected chi connectivity index (χ1v) is 8.68. The molecule has 0 aliphatic carbocycles. The molecule has 1 atom stereocenters. The molecule has 2 heterocycles. The van der Waals surface area contributed by atoms with Crippen molar-refractivity contribution in [2.75, 3.05) is 18.4 Å². The minimum Gasteiger partial charge on any atom is -0.339 e. The Balaban J connectivity index is 1.66. The lowest BCUT2D eigenvalue weighted by Crippen LogP contribution is -2.41. The predicted molar refractivity (Wildman–Crippen MR) is 94.3 cm³/mol. The first kappa shape index (κ1) is 18.1. The molecule has 0 spiro atoms. The molecule has 0 bridgehead atoms. The molecule has 10 heteroatoms. The van der Waals surface area contributed by atoms with Gasteiger partial charge in [0.25, 0.3) is 5.69 Å². The van der Waals surface area contributed by atoms with Gasteiger partial charge in [-0.3, -0.25) is 10.1 Å². The number of hydrogen-bond acceptors (Lipinski definition) is 6. The second-order valence-electron chi connectivity index (χ2n) is 6.04. The van der Waals surface area contributed by atoms with E-state index in [1.54, 1.807) is 4.90 Å². The Morgan fingerprint density at radius 1 is 1.54 bits per heavy atom.